The summed E-state index contributed by atoms with van der Waals surface area (Å²) in [6.07, 6.45) is 0.319. The third-order valence-electron chi connectivity index (χ3n) is 1.03. The van der Waals surface area contributed by atoms with E-state index in [0.29, 0.717) is 11.7 Å². The Morgan fingerprint density at radius 2 is 2.30 bits per heavy atom. The van der Waals surface area contributed by atoms with E-state index in [4.69, 9.17) is 10.8 Å². The summed E-state index contributed by atoms with van der Waals surface area (Å²) in [7, 11) is 0. The Morgan fingerprint density at radius 3 is 2.60 bits per heavy atom. The minimum absolute atomic E-state index is 0.319. The zero-order chi connectivity index (χ0) is 8.15. The zero-order valence-electron chi connectivity index (χ0n) is 5.74. The predicted molar refractivity (Wildman–Crippen MR) is 37.3 cm³/mol. The molecule has 5 heteroatoms. The van der Waals surface area contributed by atoms with Crippen molar-refractivity contribution in [3.8, 4) is 0 Å². The van der Waals surface area contributed by atoms with Gasteiger partial charge in [-0.25, -0.2) is 0 Å². The van der Waals surface area contributed by atoms with Crippen LogP contribution in [0.3, 0.4) is 0 Å². The molecule has 0 aliphatic heterocycles. The molecule has 0 saturated carbocycles. The van der Waals surface area contributed by atoms with E-state index < -0.39 is 25.8 Å². The third-order valence-corrected chi connectivity index (χ3v) is 2.73. The molecule has 0 saturated heterocycles. The van der Waals surface area contributed by atoms with Crippen LogP contribution in [0, 0.1) is 0 Å². The van der Waals surface area contributed by atoms with Gasteiger partial charge in [0, 0.05) is 0 Å². The molecule has 0 rings (SSSR count). The number of carbonyl (C=O) groups is 1. The number of aliphatic carboxylic acids is 1. The van der Waals surface area contributed by atoms with Crippen molar-refractivity contribution in [1.82, 2.24) is 0 Å². The molecule has 2 atom stereocenters. The van der Waals surface area contributed by atoms with Crippen molar-refractivity contribution in [1.29, 1.82) is 0 Å². The average molecular weight is 212 g/mol. The molecule has 0 aromatic heterocycles. The van der Waals surface area contributed by atoms with Crippen molar-refractivity contribution in [2.75, 3.05) is 0 Å². The standard InChI is InChI=1S/C5H11NO3Se/c1-10(9)3-2-4(6)5(7)8/h4H,2-3,6H2,1H3,(H,7,8). The summed E-state index contributed by atoms with van der Waals surface area (Å²) < 4.78 is 10.5. The molecule has 0 radical (unpaired) electrons. The van der Waals surface area contributed by atoms with Gasteiger partial charge in [-0.1, -0.05) is 0 Å². The van der Waals surface area contributed by atoms with Gasteiger partial charge in [0.05, 0.1) is 0 Å². The van der Waals surface area contributed by atoms with Gasteiger partial charge in [-0.05, 0) is 0 Å². The molecule has 0 fully saturated rings. The average Bonchev–Trinajstić information content (AvgIpc) is 1.82. The van der Waals surface area contributed by atoms with Crippen molar-refractivity contribution in [2.24, 2.45) is 5.73 Å². The molecule has 0 spiro atoms. The maximum absolute atomic E-state index is 10.5. The Labute approximate surface area is 63.5 Å². The Balaban J connectivity index is 3.49. The second-order valence-electron chi connectivity index (χ2n) is 2.01. The Bertz CT molecular complexity index is 148. The van der Waals surface area contributed by atoms with Crippen LogP contribution in [-0.4, -0.2) is 31.0 Å². The van der Waals surface area contributed by atoms with Gasteiger partial charge in [0.2, 0.25) is 0 Å². The number of hydrogen-bond acceptors (Lipinski definition) is 3. The summed E-state index contributed by atoms with van der Waals surface area (Å²) in [6.45, 7) is 0. The first kappa shape index (κ1) is 9.75. The van der Waals surface area contributed by atoms with Gasteiger partial charge < -0.3 is 0 Å². The topological polar surface area (TPSA) is 80.4 Å². The first-order chi connectivity index (χ1) is 4.54. The van der Waals surface area contributed by atoms with Crippen LogP contribution in [0.1, 0.15) is 6.42 Å². The molecule has 0 aliphatic rings. The van der Waals surface area contributed by atoms with Crippen molar-refractivity contribution < 1.29 is 13.7 Å². The van der Waals surface area contributed by atoms with Gasteiger partial charge in [0.15, 0.2) is 0 Å². The van der Waals surface area contributed by atoms with Gasteiger partial charge >= 0.3 is 62.9 Å². The maximum atomic E-state index is 10.5. The van der Waals surface area contributed by atoms with Crippen LogP contribution < -0.4 is 5.73 Å². The van der Waals surface area contributed by atoms with Crippen LogP contribution in [0.25, 0.3) is 0 Å². The SMILES string of the molecule is C[Se](=O)CCC(N)C(=O)O. The first-order valence-corrected chi connectivity index (χ1v) is 6.45. The van der Waals surface area contributed by atoms with Gasteiger partial charge in [0.1, 0.15) is 0 Å². The van der Waals surface area contributed by atoms with Crippen LogP contribution in [-0.2, 0) is 8.63 Å². The number of rotatable bonds is 4. The molecular weight excluding hydrogens is 201 g/mol. The summed E-state index contributed by atoms with van der Waals surface area (Å²) in [5, 5.41) is 8.73. The van der Waals surface area contributed by atoms with Crippen molar-refractivity contribution >= 4 is 19.8 Å². The second-order valence-corrected chi connectivity index (χ2v) is 5.27. The van der Waals surface area contributed by atoms with Crippen LogP contribution in [0.5, 0.6) is 0 Å². The van der Waals surface area contributed by atoms with E-state index in [1.54, 1.807) is 5.82 Å². The van der Waals surface area contributed by atoms with Crippen LogP contribution in [0.2, 0.25) is 11.1 Å². The molecule has 2 unspecified atom stereocenters. The Morgan fingerprint density at radius 1 is 1.80 bits per heavy atom. The van der Waals surface area contributed by atoms with Crippen molar-refractivity contribution in [3.05, 3.63) is 0 Å². The number of carboxylic acids is 1. The fourth-order valence-corrected chi connectivity index (χ4v) is 1.65. The normalized spacial score (nSPS) is 16.2. The van der Waals surface area contributed by atoms with Crippen LogP contribution in [0.4, 0.5) is 0 Å². The van der Waals surface area contributed by atoms with Gasteiger partial charge in [-0.3, -0.25) is 0 Å². The molecule has 60 valence electrons. The molecule has 0 aliphatic carbocycles. The molecule has 4 nitrogen and oxygen atoms in total. The van der Waals surface area contributed by atoms with Crippen LogP contribution >= 0.6 is 0 Å². The summed E-state index contributed by atoms with van der Waals surface area (Å²) in [5.41, 5.74) is 5.15. The molecule has 0 bridgehead atoms. The van der Waals surface area contributed by atoms with E-state index in [2.05, 4.69) is 0 Å². The molecular formula is C5H11NO3Se. The molecule has 10 heavy (non-hydrogen) atoms. The fourth-order valence-electron chi connectivity index (χ4n) is 0.416. The van der Waals surface area contributed by atoms with Crippen LogP contribution in [0.15, 0.2) is 0 Å². The predicted octanol–water partition coefficient (Wildman–Crippen LogP) is -0.160. The van der Waals surface area contributed by atoms with Crippen molar-refractivity contribution in [3.63, 3.8) is 0 Å². The first-order valence-electron chi connectivity index (χ1n) is 2.82. The van der Waals surface area contributed by atoms with E-state index in [-0.39, 0.29) is 0 Å². The van der Waals surface area contributed by atoms with Gasteiger partial charge in [-0.15, -0.1) is 0 Å². The van der Waals surface area contributed by atoms with E-state index in [1.165, 1.54) is 0 Å². The second kappa shape index (κ2) is 4.55. The summed E-state index contributed by atoms with van der Waals surface area (Å²) in [4.78, 5) is 10.1. The quantitative estimate of drug-likeness (QED) is 0.634. The number of carboxylic acid groups (broad SMARTS) is 1. The summed E-state index contributed by atoms with van der Waals surface area (Å²) >= 11 is -1.75. The minimum atomic E-state index is -1.75. The molecule has 0 amide bonds. The van der Waals surface area contributed by atoms with E-state index in [9.17, 15) is 8.63 Å². The zero-order valence-corrected chi connectivity index (χ0v) is 7.45. The number of hydrogen-bond donors (Lipinski definition) is 2. The van der Waals surface area contributed by atoms with Gasteiger partial charge in [-0.2, -0.15) is 0 Å². The van der Waals surface area contributed by atoms with E-state index >= 15 is 0 Å². The third kappa shape index (κ3) is 4.61. The fraction of sp³-hybridized carbons (Fsp3) is 0.800. The monoisotopic (exact) mass is 213 g/mol. The summed E-state index contributed by atoms with van der Waals surface area (Å²) in [6, 6.07) is -0.847. The van der Waals surface area contributed by atoms with E-state index in [1.807, 2.05) is 0 Å². The summed E-state index contributed by atoms with van der Waals surface area (Å²) in [5.74, 6) is 0.599. The Kier molecular flexibility index (Phi) is 4.43. The molecule has 3 N–H and O–H groups in total. The number of nitrogens with two attached hydrogens (primary N) is 1. The Hall–Kier alpha value is -0.251. The van der Waals surface area contributed by atoms with E-state index in [0.717, 1.165) is 0 Å². The van der Waals surface area contributed by atoms with Crippen molar-refractivity contribution in [2.45, 2.75) is 23.6 Å². The van der Waals surface area contributed by atoms with Gasteiger partial charge in [0.25, 0.3) is 0 Å². The molecule has 0 aromatic carbocycles. The molecule has 0 aromatic rings. The molecule has 0 heterocycles.